The monoisotopic (exact) mass is 379 g/mol. The lowest BCUT2D eigenvalue weighted by atomic mass is 10.1. The fourth-order valence-electron chi connectivity index (χ4n) is 2.65. The standard InChI is InChI=1S/C21H21N3O4/c1-2-27-21(26)17(12-14-6-4-3-5-7-14)23-19(25)18-13-28-20(24-18)15-8-10-16(22)11-9-15/h3-11,13,17H,2,12,22H2,1H3,(H,23,25). The summed E-state index contributed by atoms with van der Waals surface area (Å²) in [4.78, 5) is 29.1. The molecule has 1 unspecified atom stereocenters. The van der Waals surface area contributed by atoms with Crippen molar-refractivity contribution >= 4 is 17.6 Å². The Bertz CT molecular complexity index is 936. The van der Waals surface area contributed by atoms with Crippen molar-refractivity contribution in [3.05, 3.63) is 72.1 Å². The number of hydrogen-bond acceptors (Lipinski definition) is 6. The van der Waals surface area contributed by atoms with E-state index in [1.165, 1.54) is 6.26 Å². The van der Waals surface area contributed by atoms with Gasteiger partial charge in [0.25, 0.3) is 5.91 Å². The molecule has 1 atom stereocenters. The van der Waals surface area contributed by atoms with E-state index < -0.39 is 17.9 Å². The lowest BCUT2D eigenvalue weighted by Crippen LogP contribution is -2.43. The molecular formula is C21H21N3O4. The van der Waals surface area contributed by atoms with Crippen molar-refractivity contribution in [3.8, 4) is 11.5 Å². The molecule has 0 aliphatic carbocycles. The van der Waals surface area contributed by atoms with E-state index >= 15 is 0 Å². The van der Waals surface area contributed by atoms with E-state index in [4.69, 9.17) is 14.9 Å². The Morgan fingerprint density at radius 3 is 2.54 bits per heavy atom. The Morgan fingerprint density at radius 2 is 1.86 bits per heavy atom. The molecule has 0 saturated heterocycles. The molecule has 0 spiro atoms. The van der Waals surface area contributed by atoms with Crippen molar-refractivity contribution < 1.29 is 18.7 Å². The zero-order valence-electron chi connectivity index (χ0n) is 15.4. The number of nitrogens with one attached hydrogen (secondary N) is 1. The van der Waals surface area contributed by atoms with Crippen LogP contribution in [0.4, 0.5) is 5.69 Å². The Kier molecular flexibility index (Phi) is 6.06. The van der Waals surface area contributed by atoms with Crippen LogP contribution in [0, 0.1) is 0 Å². The number of nitrogens with two attached hydrogens (primary N) is 1. The van der Waals surface area contributed by atoms with Gasteiger partial charge in [-0.15, -0.1) is 0 Å². The van der Waals surface area contributed by atoms with E-state index in [0.29, 0.717) is 23.6 Å². The lowest BCUT2D eigenvalue weighted by molar-refractivity contribution is -0.145. The number of esters is 1. The molecule has 0 radical (unpaired) electrons. The van der Waals surface area contributed by atoms with Crippen molar-refractivity contribution in [1.82, 2.24) is 10.3 Å². The molecule has 3 N–H and O–H groups in total. The minimum atomic E-state index is -0.827. The maximum Gasteiger partial charge on any atom is 0.328 e. The maximum absolute atomic E-state index is 12.6. The van der Waals surface area contributed by atoms with Crippen LogP contribution in [0.3, 0.4) is 0 Å². The summed E-state index contributed by atoms with van der Waals surface area (Å²) in [6.45, 7) is 1.95. The van der Waals surface area contributed by atoms with E-state index in [1.807, 2.05) is 30.3 Å². The number of carbonyl (C=O) groups is 2. The van der Waals surface area contributed by atoms with Gasteiger partial charge in [-0.1, -0.05) is 30.3 Å². The van der Waals surface area contributed by atoms with Gasteiger partial charge < -0.3 is 20.2 Å². The molecule has 0 fully saturated rings. The summed E-state index contributed by atoms with van der Waals surface area (Å²) in [5.41, 5.74) is 7.97. The molecule has 1 aromatic heterocycles. The Balaban J connectivity index is 1.74. The van der Waals surface area contributed by atoms with E-state index in [9.17, 15) is 9.59 Å². The average molecular weight is 379 g/mol. The number of hydrogen-bond donors (Lipinski definition) is 2. The predicted octanol–water partition coefficient (Wildman–Crippen LogP) is 2.83. The highest BCUT2D eigenvalue weighted by Crippen LogP contribution is 2.20. The molecule has 3 rings (SSSR count). The smallest absolute Gasteiger partial charge is 0.328 e. The van der Waals surface area contributed by atoms with E-state index in [0.717, 1.165) is 5.56 Å². The highest BCUT2D eigenvalue weighted by atomic mass is 16.5. The number of aromatic nitrogens is 1. The van der Waals surface area contributed by atoms with Gasteiger partial charge in [0.1, 0.15) is 12.3 Å². The summed E-state index contributed by atoms with van der Waals surface area (Å²) < 4.78 is 10.5. The van der Waals surface area contributed by atoms with Crippen LogP contribution in [0.1, 0.15) is 23.0 Å². The van der Waals surface area contributed by atoms with Gasteiger partial charge in [0.2, 0.25) is 5.89 Å². The Hall–Kier alpha value is -3.61. The van der Waals surface area contributed by atoms with Crippen LogP contribution in [0.2, 0.25) is 0 Å². The zero-order chi connectivity index (χ0) is 19.9. The number of rotatable bonds is 7. The topological polar surface area (TPSA) is 107 Å². The number of carbonyl (C=O) groups excluding carboxylic acids is 2. The number of ether oxygens (including phenoxy) is 1. The quantitative estimate of drug-likeness (QED) is 0.483. The number of nitrogens with zero attached hydrogens (tertiary/aromatic N) is 1. The fourth-order valence-corrected chi connectivity index (χ4v) is 2.65. The zero-order valence-corrected chi connectivity index (χ0v) is 15.4. The number of benzene rings is 2. The molecule has 0 aliphatic heterocycles. The molecule has 0 saturated carbocycles. The minimum absolute atomic E-state index is 0.0779. The fraction of sp³-hybridized carbons (Fsp3) is 0.190. The number of amides is 1. The van der Waals surface area contributed by atoms with Crippen molar-refractivity contribution in [2.45, 2.75) is 19.4 Å². The van der Waals surface area contributed by atoms with E-state index in [2.05, 4.69) is 10.3 Å². The van der Waals surface area contributed by atoms with Crippen LogP contribution in [0.15, 0.2) is 65.3 Å². The molecule has 3 aromatic rings. The van der Waals surface area contributed by atoms with Crippen LogP contribution in [0.5, 0.6) is 0 Å². The highest BCUT2D eigenvalue weighted by molar-refractivity contribution is 5.95. The minimum Gasteiger partial charge on any atom is -0.464 e. The molecule has 0 bridgehead atoms. The molecule has 7 nitrogen and oxygen atoms in total. The third-order valence-corrected chi connectivity index (χ3v) is 4.05. The molecule has 1 heterocycles. The summed E-state index contributed by atoms with van der Waals surface area (Å²) in [5.74, 6) is -0.720. The van der Waals surface area contributed by atoms with Gasteiger partial charge in [-0.05, 0) is 36.8 Å². The van der Waals surface area contributed by atoms with Gasteiger partial charge in [-0.2, -0.15) is 0 Å². The van der Waals surface area contributed by atoms with Crippen LogP contribution < -0.4 is 11.1 Å². The van der Waals surface area contributed by atoms with Gasteiger partial charge in [-0.3, -0.25) is 4.79 Å². The lowest BCUT2D eigenvalue weighted by Gasteiger charge is -2.16. The molecule has 144 valence electrons. The first-order chi connectivity index (χ1) is 13.6. The first-order valence-corrected chi connectivity index (χ1v) is 8.89. The second kappa shape index (κ2) is 8.85. The summed E-state index contributed by atoms with van der Waals surface area (Å²) in [6, 6.07) is 15.5. The van der Waals surface area contributed by atoms with Crippen LogP contribution >= 0.6 is 0 Å². The second-order valence-electron chi connectivity index (χ2n) is 6.13. The summed E-state index contributed by atoms with van der Waals surface area (Å²) in [7, 11) is 0. The largest absolute Gasteiger partial charge is 0.464 e. The second-order valence-corrected chi connectivity index (χ2v) is 6.13. The van der Waals surface area contributed by atoms with Crippen molar-refractivity contribution in [2.75, 3.05) is 12.3 Å². The van der Waals surface area contributed by atoms with E-state index in [-0.39, 0.29) is 12.3 Å². The SMILES string of the molecule is CCOC(=O)C(Cc1ccccc1)NC(=O)c1coc(-c2ccc(N)cc2)n1. The first kappa shape index (κ1) is 19.2. The number of nitrogen functional groups attached to an aromatic ring is 1. The number of anilines is 1. The van der Waals surface area contributed by atoms with Gasteiger partial charge in [-0.25, -0.2) is 9.78 Å². The summed E-state index contributed by atoms with van der Waals surface area (Å²) >= 11 is 0. The summed E-state index contributed by atoms with van der Waals surface area (Å²) in [5, 5.41) is 2.68. The third-order valence-electron chi connectivity index (χ3n) is 4.05. The Morgan fingerprint density at radius 1 is 1.14 bits per heavy atom. The van der Waals surface area contributed by atoms with Gasteiger partial charge in [0.15, 0.2) is 5.69 Å². The molecule has 28 heavy (non-hydrogen) atoms. The van der Waals surface area contributed by atoms with E-state index in [1.54, 1.807) is 31.2 Å². The van der Waals surface area contributed by atoms with Gasteiger partial charge in [0, 0.05) is 17.7 Å². The van der Waals surface area contributed by atoms with Crippen LogP contribution in [-0.2, 0) is 16.0 Å². The normalized spacial score (nSPS) is 11.6. The molecule has 1 amide bonds. The molecule has 7 heteroatoms. The van der Waals surface area contributed by atoms with Crippen molar-refractivity contribution in [1.29, 1.82) is 0 Å². The van der Waals surface area contributed by atoms with Gasteiger partial charge >= 0.3 is 5.97 Å². The molecule has 2 aromatic carbocycles. The highest BCUT2D eigenvalue weighted by Gasteiger charge is 2.24. The van der Waals surface area contributed by atoms with Crippen molar-refractivity contribution in [3.63, 3.8) is 0 Å². The van der Waals surface area contributed by atoms with Crippen LogP contribution in [0.25, 0.3) is 11.5 Å². The average Bonchev–Trinajstić information content (AvgIpc) is 3.19. The third kappa shape index (κ3) is 4.76. The van der Waals surface area contributed by atoms with Gasteiger partial charge in [0.05, 0.1) is 6.61 Å². The predicted molar refractivity (Wildman–Crippen MR) is 104 cm³/mol. The first-order valence-electron chi connectivity index (χ1n) is 8.89. The maximum atomic E-state index is 12.6. The Labute approximate surface area is 162 Å². The summed E-state index contributed by atoms with van der Waals surface area (Å²) in [6.07, 6.45) is 1.57. The molecule has 0 aliphatic rings. The van der Waals surface area contributed by atoms with Crippen molar-refractivity contribution in [2.24, 2.45) is 0 Å². The molecular weight excluding hydrogens is 358 g/mol. The van der Waals surface area contributed by atoms with Crippen LogP contribution in [-0.4, -0.2) is 29.5 Å². The number of oxazole rings is 1.